The monoisotopic (exact) mass is 803 g/mol. The molecule has 0 aliphatic rings. The second-order valence-electron chi connectivity index (χ2n) is 9.92. The average Bonchev–Trinajstić information content (AvgIpc) is 2.88. The molecule has 0 aliphatic heterocycles. The molecule has 268 valence electrons. The molecule has 1 rings (SSSR count). The summed E-state index contributed by atoms with van der Waals surface area (Å²) in [5, 5.41) is 10.8. The molecule has 0 heterocycles. The molecule has 0 bridgehead atoms. The Balaban J connectivity index is -0.0000000562. The number of nitrogens with one attached hydrogen (secondary N) is 4. The maximum Gasteiger partial charge on any atom is 0.226 e. The van der Waals surface area contributed by atoms with Crippen LogP contribution in [0.5, 0.6) is 0 Å². The van der Waals surface area contributed by atoms with Crippen LogP contribution in [-0.4, -0.2) is 54.8 Å². The van der Waals surface area contributed by atoms with Gasteiger partial charge in [0, 0.05) is 110 Å². The fourth-order valence-corrected chi connectivity index (χ4v) is 2.42. The van der Waals surface area contributed by atoms with Gasteiger partial charge >= 0.3 is 0 Å². The van der Waals surface area contributed by atoms with E-state index in [4.69, 9.17) is 5.73 Å². The van der Waals surface area contributed by atoms with Crippen molar-refractivity contribution in [3.63, 3.8) is 0 Å². The Morgan fingerprint density at radius 1 is 0.696 bits per heavy atom. The number of nitrogens with zero attached hydrogens (tertiary/aromatic N) is 2. The third kappa shape index (κ3) is 49.7. The van der Waals surface area contributed by atoms with E-state index in [1.54, 1.807) is 20.9 Å². The number of amides is 3. The number of nitrogens with two attached hydrogens (primary N) is 1. The van der Waals surface area contributed by atoms with E-state index in [0.717, 1.165) is 0 Å². The summed E-state index contributed by atoms with van der Waals surface area (Å²) in [6.45, 7) is 21.4. The van der Waals surface area contributed by atoms with Crippen LogP contribution >= 0.6 is 0 Å². The van der Waals surface area contributed by atoms with Crippen LogP contribution in [0, 0.1) is 14.9 Å². The van der Waals surface area contributed by atoms with Crippen LogP contribution in [0.15, 0.2) is 40.3 Å². The number of aliphatic imine (C=N–C) groups is 2. The first-order chi connectivity index (χ1) is 18.6. The van der Waals surface area contributed by atoms with E-state index >= 15 is 0 Å². The quantitative estimate of drug-likeness (QED) is 0.119. The summed E-state index contributed by atoms with van der Waals surface area (Å²) in [6, 6.07) is 11.2. The van der Waals surface area contributed by atoms with E-state index in [2.05, 4.69) is 69.4 Å². The van der Waals surface area contributed by atoms with Crippen LogP contribution in [-0.2, 0) is 79.8 Å². The van der Waals surface area contributed by atoms with Gasteiger partial charge < -0.3 is 31.2 Å². The van der Waals surface area contributed by atoms with Crippen molar-refractivity contribution < 1.29 is 79.8 Å². The number of guanidine groups is 2. The number of rotatable bonds is 7. The number of hydrogen-bond donors (Lipinski definition) is 5. The van der Waals surface area contributed by atoms with E-state index < -0.39 is 0 Å². The van der Waals surface area contributed by atoms with E-state index in [0.29, 0.717) is 37.2 Å². The van der Waals surface area contributed by atoms with Crippen molar-refractivity contribution in [2.24, 2.45) is 15.7 Å². The second kappa shape index (κ2) is 43.8. The van der Waals surface area contributed by atoms with Crippen LogP contribution in [0.1, 0.15) is 122 Å². The Kier molecular flexibility index (Phi) is 63.8. The van der Waals surface area contributed by atoms with Crippen LogP contribution in [0.4, 0.5) is 0 Å². The van der Waals surface area contributed by atoms with Gasteiger partial charge in [0.05, 0.1) is 0 Å². The molecule has 0 saturated heterocycles. The zero-order valence-corrected chi connectivity index (χ0v) is 35.8. The van der Waals surface area contributed by atoms with Gasteiger partial charge in [-0.2, -0.15) is 0 Å². The molecule has 0 saturated carbocycles. The predicted molar refractivity (Wildman–Crippen MR) is 196 cm³/mol. The van der Waals surface area contributed by atoms with Gasteiger partial charge in [0.15, 0.2) is 5.96 Å². The summed E-state index contributed by atoms with van der Waals surface area (Å²) in [5.74, 6) is 1.20. The molecule has 0 aliphatic carbocycles. The minimum absolute atomic E-state index is 0. The summed E-state index contributed by atoms with van der Waals surface area (Å²) in [6.07, 6.45) is 1.30. The van der Waals surface area contributed by atoms with E-state index in [1.807, 2.05) is 54.5 Å². The molecule has 0 spiro atoms. The average molecular weight is 804 g/mol. The molecule has 0 unspecified atom stereocenters. The third-order valence-corrected chi connectivity index (χ3v) is 4.46. The van der Waals surface area contributed by atoms with Gasteiger partial charge in [-0.25, -0.2) is 4.99 Å². The number of hydrogen-bond acceptors (Lipinski definition) is 5. The minimum atomic E-state index is -0.161. The van der Waals surface area contributed by atoms with E-state index in [1.165, 1.54) is 5.56 Å². The molecule has 1 aromatic rings. The van der Waals surface area contributed by atoms with Crippen molar-refractivity contribution in [2.45, 2.75) is 134 Å². The Labute approximate surface area is 335 Å². The first-order valence-corrected chi connectivity index (χ1v) is 14.1. The van der Waals surface area contributed by atoms with Gasteiger partial charge in [-0.05, 0) is 53.0 Å². The number of benzene rings is 1. The molecule has 46 heavy (non-hydrogen) atoms. The van der Waals surface area contributed by atoms with Crippen molar-refractivity contribution in [3.05, 3.63) is 50.7 Å². The van der Waals surface area contributed by atoms with Crippen LogP contribution in [0.2, 0.25) is 0 Å². The SMILES string of the molecule is C.C.CC(C)c1ccccc1.CCC(=O)NC(=NC(C)C)NC(=O)CC.CCC(=O)NC(C)C.CN=C(N)NC(C)C.[CH3-].[CH3-].[Y].[Y]. The summed E-state index contributed by atoms with van der Waals surface area (Å²) in [5.41, 5.74) is 6.73. The molecule has 3 amide bonds. The number of carbonyl (C=O) groups is 3. The summed E-state index contributed by atoms with van der Waals surface area (Å²) in [4.78, 5) is 40.6. The predicted octanol–water partition coefficient (Wildman–Crippen LogP) is 6.63. The summed E-state index contributed by atoms with van der Waals surface area (Å²) >= 11 is 0. The summed E-state index contributed by atoms with van der Waals surface area (Å²) in [7, 11) is 1.66. The topological polar surface area (TPSA) is 150 Å². The van der Waals surface area contributed by atoms with Crippen molar-refractivity contribution >= 4 is 29.6 Å². The molecule has 2 radical (unpaired) electrons. The molecule has 10 nitrogen and oxygen atoms in total. The first kappa shape index (κ1) is 67.0. The Morgan fingerprint density at radius 2 is 1.07 bits per heavy atom. The van der Waals surface area contributed by atoms with Crippen LogP contribution in [0.3, 0.4) is 0 Å². The zero-order chi connectivity index (χ0) is 31.7. The Hall–Kier alpha value is -1.22. The second-order valence-corrected chi connectivity index (χ2v) is 9.92. The number of carbonyl (C=O) groups excluding carboxylic acids is 3. The Bertz CT molecular complexity index is 859. The first-order valence-electron chi connectivity index (χ1n) is 14.1. The van der Waals surface area contributed by atoms with Gasteiger partial charge in [0.25, 0.3) is 0 Å². The molecule has 0 atom stereocenters. The van der Waals surface area contributed by atoms with Crippen LogP contribution in [0.25, 0.3) is 0 Å². The van der Waals surface area contributed by atoms with Crippen molar-refractivity contribution in [3.8, 4) is 0 Å². The van der Waals surface area contributed by atoms with Gasteiger partial charge in [0.2, 0.25) is 23.7 Å². The smallest absolute Gasteiger partial charge is 0.226 e. The molecular weight excluding hydrogens is 732 g/mol. The largest absolute Gasteiger partial charge is 0.370 e. The van der Waals surface area contributed by atoms with E-state index in [-0.39, 0.29) is 131 Å². The van der Waals surface area contributed by atoms with Gasteiger partial charge in [-0.3, -0.25) is 30.0 Å². The standard InChI is InChI=1S/C10H19N3O2.C9H12.C6H13NO.C5H13N3.2CH4.2CH3.2Y/c1-5-8(14)12-10(11-7(3)4)13-9(15)6-2;1-8(2)9-6-4-3-5-7-9;1-4-6(8)7-5(2)3;1-4(2)8-5(6)7-3;;;;;;/h7H,5-6H2,1-4H3,(H2,11,12,13,14,15);3-8H,1-2H3;5H,4H2,1-3H3,(H,7,8);4H,1-3H3,(H3,6,7,8);2*1H4;2*1H3;;/q;;;;;;2*-1;;. The maximum absolute atomic E-state index is 11.1. The van der Waals surface area contributed by atoms with Gasteiger partial charge in [-0.15, -0.1) is 0 Å². The fraction of sp³-hybridized carbons (Fsp3) is 0.618. The summed E-state index contributed by atoms with van der Waals surface area (Å²) < 4.78 is 0. The minimum Gasteiger partial charge on any atom is -0.370 e. The van der Waals surface area contributed by atoms with E-state index in [9.17, 15) is 14.4 Å². The fourth-order valence-electron chi connectivity index (χ4n) is 2.42. The molecule has 1 aromatic carbocycles. The Morgan fingerprint density at radius 3 is 1.26 bits per heavy atom. The van der Waals surface area contributed by atoms with Crippen molar-refractivity contribution in [2.75, 3.05) is 7.05 Å². The third-order valence-electron chi connectivity index (χ3n) is 4.46. The van der Waals surface area contributed by atoms with Crippen molar-refractivity contribution in [1.29, 1.82) is 0 Å². The molecule has 0 fully saturated rings. The van der Waals surface area contributed by atoms with Gasteiger partial charge in [-0.1, -0.05) is 79.8 Å². The zero-order valence-electron chi connectivity index (χ0n) is 30.2. The normalized spacial score (nSPS) is 8.91. The molecule has 6 N–H and O–H groups in total. The maximum atomic E-state index is 11.1. The van der Waals surface area contributed by atoms with Crippen molar-refractivity contribution in [1.82, 2.24) is 21.3 Å². The van der Waals surface area contributed by atoms with Crippen LogP contribution < -0.4 is 27.0 Å². The molecular formula is C34H71N7O3Y2-2. The molecule has 0 aromatic heterocycles. The van der Waals surface area contributed by atoms with Gasteiger partial charge in [0.1, 0.15) is 0 Å². The molecule has 12 heteroatoms.